The molecule has 2 rings (SSSR count). The molecule has 0 aliphatic carbocycles. The van der Waals surface area contributed by atoms with Gasteiger partial charge in [-0.05, 0) is 37.8 Å². The van der Waals surface area contributed by atoms with Gasteiger partial charge in [0, 0.05) is 5.71 Å². The van der Waals surface area contributed by atoms with E-state index in [0.29, 0.717) is 11.9 Å². The topological polar surface area (TPSA) is 53.1 Å². The lowest BCUT2D eigenvalue weighted by atomic mass is 10.1. The molecule has 2 N–H and O–H groups in total. The maximum absolute atomic E-state index is 4.41. The Balaban J connectivity index is 1.98. The fourth-order valence-corrected chi connectivity index (χ4v) is 1.71. The molecule has 0 saturated heterocycles. The number of anilines is 1. The minimum Gasteiger partial charge on any atom is -0.323 e. The Hall–Kier alpha value is -1.84. The van der Waals surface area contributed by atoms with Crippen molar-refractivity contribution in [1.82, 2.24) is 9.97 Å². The second kappa shape index (κ2) is 5.67. The zero-order chi connectivity index (χ0) is 13.0. The summed E-state index contributed by atoms with van der Waals surface area (Å²) >= 11 is 0. The Labute approximate surface area is 108 Å². The molecule has 4 nitrogen and oxygen atoms in total. The Kier molecular flexibility index (Phi) is 3.97. The van der Waals surface area contributed by atoms with Gasteiger partial charge >= 0.3 is 0 Å². The Bertz CT molecular complexity index is 506. The monoisotopic (exact) mass is 244 g/mol. The number of hydrogen-bond acceptors (Lipinski definition) is 3. The van der Waals surface area contributed by atoms with E-state index in [4.69, 9.17) is 0 Å². The van der Waals surface area contributed by atoms with Crippen molar-refractivity contribution < 1.29 is 0 Å². The lowest BCUT2D eigenvalue weighted by Gasteiger charge is -2.03. The van der Waals surface area contributed by atoms with Crippen molar-refractivity contribution in [2.24, 2.45) is 11.0 Å². The van der Waals surface area contributed by atoms with E-state index in [1.807, 2.05) is 31.2 Å². The van der Waals surface area contributed by atoms with Gasteiger partial charge in [0.15, 0.2) is 0 Å². The van der Waals surface area contributed by atoms with Crippen LogP contribution in [0.2, 0.25) is 0 Å². The number of rotatable bonds is 5. The molecule has 0 amide bonds. The largest absolute Gasteiger partial charge is 0.323 e. The molecule has 0 atom stereocenters. The first-order valence-corrected chi connectivity index (χ1v) is 6.39. The molecule has 0 spiro atoms. The molecule has 2 aromatic rings. The van der Waals surface area contributed by atoms with E-state index >= 15 is 0 Å². The zero-order valence-electron chi connectivity index (χ0n) is 11.2. The number of aromatic amines is 1. The van der Waals surface area contributed by atoms with E-state index in [1.165, 1.54) is 0 Å². The Morgan fingerprint density at radius 1 is 1.39 bits per heavy atom. The summed E-state index contributed by atoms with van der Waals surface area (Å²) in [4.78, 5) is 7.59. The number of hydrazone groups is 1. The number of benzene rings is 1. The van der Waals surface area contributed by atoms with Crippen LogP contribution in [0, 0.1) is 5.92 Å². The van der Waals surface area contributed by atoms with E-state index in [0.717, 1.165) is 29.6 Å². The maximum atomic E-state index is 4.41. The second-order valence-corrected chi connectivity index (χ2v) is 4.99. The number of para-hydroxylation sites is 2. The van der Waals surface area contributed by atoms with Gasteiger partial charge in [-0.3, -0.25) is 0 Å². The highest BCUT2D eigenvalue weighted by atomic mass is 15.4. The van der Waals surface area contributed by atoms with Crippen LogP contribution in [-0.4, -0.2) is 15.7 Å². The highest BCUT2D eigenvalue weighted by Gasteiger charge is 2.01. The average Bonchev–Trinajstić information content (AvgIpc) is 2.76. The summed E-state index contributed by atoms with van der Waals surface area (Å²) in [6.45, 7) is 6.48. The molecule has 0 aliphatic rings. The molecule has 1 heterocycles. The predicted octanol–water partition coefficient (Wildman–Crippen LogP) is 3.79. The van der Waals surface area contributed by atoms with Crippen molar-refractivity contribution in [3.8, 4) is 0 Å². The highest BCUT2D eigenvalue weighted by Crippen LogP contribution is 2.13. The van der Waals surface area contributed by atoms with Gasteiger partial charge in [0.2, 0.25) is 5.95 Å². The minimum atomic E-state index is 0.695. The Morgan fingerprint density at radius 3 is 2.89 bits per heavy atom. The third-order valence-electron chi connectivity index (χ3n) is 2.83. The van der Waals surface area contributed by atoms with Crippen LogP contribution in [0.25, 0.3) is 11.0 Å². The van der Waals surface area contributed by atoms with E-state index in [1.54, 1.807) is 0 Å². The van der Waals surface area contributed by atoms with Crippen molar-refractivity contribution in [2.75, 3.05) is 5.43 Å². The molecular formula is C14H20N4. The zero-order valence-corrected chi connectivity index (χ0v) is 11.2. The number of nitrogens with one attached hydrogen (secondary N) is 2. The van der Waals surface area contributed by atoms with E-state index in [2.05, 4.69) is 34.3 Å². The molecular weight excluding hydrogens is 224 g/mol. The molecule has 1 aromatic heterocycles. The van der Waals surface area contributed by atoms with E-state index < -0.39 is 0 Å². The lowest BCUT2D eigenvalue weighted by molar-refractivity contribution is 0.602. The molecule has 1 aromatic carbocycles. The second-order valence-electron chi connectivity index (χ2n) is 4.99. The summed E-state index contributed by atoms with van der Waals surface area (Å²) in [5.41, 5.74) is 6.06. The summed E-state index contributed by atoms with van der Waals surface area (Å²) < 4.78 is 0. The molecule has 0 saturated carbocycles. The maximum Gasteiger partial charge on any atom is 0.222 e. The van der Waals surface area contributed by atoms with Gasteiger partial charge in [-0.25, -0.2) is 10.4 Å². The van der Waals surface area contributed by atoms with Gasteiger partial charge in [0.25, 0.3) is 0 Å². The molecule has 4 heteroatoms. The first-order valence-electron chi connectivity index (χ1n) is 6.39. The molecule has 0 unspecified atom stereocenters. The average molecular weight is 244 g/mol. The molecule has 0 fully saturated rings. The first kappa shape index (κ1) is 12.6. The fourth-order valence-electron chi connectivity index (χ4n) is 1.71. The third-order valence-corrected chi connectivity index (χ3v) is 2.83. The van der Waals surface area contributed by atoms with Crippen LogP contribution in [0.5, 0.6) is 0 Å². The number of imidazole rings is 1. The van der Waals surface area contributed by atoms with Crippen LogP contribution in [0.3, 0.4) is 0 Å². The van der Waals surface area contributed by atoms with Crippen LogP contribution >= 0.6 is 0 Å². The molecule has 96 valence electrons. The van der Waals surface area contributed by atoms with Crippen molar-refractivity contribution in [3.05, 3.63) is 24.3 Å². The van der Waals surface area contributed by atoms with Gasteiger partial charge in [0.1, 0.15) is 0 Å². The number of H-pyrrole nitrogens is 1. The summed E-state index contributed by atoms with van der Waals surface area (Å²) in [5.74, 6) is 1.40. The van der Waals surface area contributed by atoms with Gasteiger partial charge in [-0.1, -0.05) is 26.0 Å². The van der Waals surface area contributed by atoms with E-state index in [-0.39, 0.29) is 0 Å². The molecule has 0 radical (unpaired) electrons. The SMILES string of the molecule is CC(CCC(C)C)=NNc1nc2ccccc2[nH]1. The molecule has 0 bridgehead atoms. The van der Waals surface area contributed by atoms with Crippen molar-refractivity contribution >= 4 is 22.7 Å². The first-order chi connectivity index (χ1) is 8.65. The van der Waals surface area contributed by atoms with Crippen LogP contribution in [0.4, 0.5) is 5.95 Å². The van der Waals surface area contributed by atoms with Crippen LogP contribution in [0.15, 0.2) is 29.4 Å². The van der Waals surface area contributed by atoms with Crippen molar-refractivity contribution in [2.45, 2.75) is 33.6 Å². The minimum absolute atomic E-state index is 0.695. The number of aromatic nitrogens is 2. The summed E-state index contributed by atoms with van der Waals surface area (Å²) in [6.07, 6.45) is 2.18. The van der Waals surface area contributed by atoms with Crippen LogP contribution in [-0.2, 0) is 0 Å². The smallest absolute Gasteiger partial charge is 0.222 e. The summed E-state index contributed by atoms with van der Waals surface area (Å²) in [5, 5.41) is 4.33. The van der Waals surface area contributed by atoms with Crippen LogP contribution in [0.1, 0.15) is 33.6 Å². The van der Waals surface area contributed by atoms with Gasteiger partial charge in [-0.2, -0.15) is 5.10 Å². The van der Waals surface area contributed by atoms with Crippen molar-refractivity contribution in [3.63, 3.8) is 0 Å². The number of nitrogens with zero attached hydrogens (tertiary/aromatic N) is 2. The third kappa shape index (κ3) is 3.32. The van der Waals surface area contributed by atoms with Crippen LogP contribution < -0.4 is 5.43 Å². The summed E-state index contributed by atoms with van der Waals surface area (Å²) in [6, 6.07) is 7.95. The summed E-state index contributed by atoms with van der Waals surface area (Å²) in [7, 11) is 0. The normalized spacial score (nSPS) is 12.3. The van der Waals surface area contributed by atoms with E-state index in [9.17, 15) is 0 Å². The highest BCUT2D eigenvalue weighted by molar-refractivity contribution is 5.83. The van der Waals surface area contributed by atoms with Gasteiger partial charge in [-0.15, -0.1) is 0 Å². The van der Waals surface area contributed by atoms with Gasteiger partial charge in [0.05, 0.1) is 11.0 Å². The van der Waals surface area contributed by atoms with Crippen molar-refractivity contribution in [1.29, 1.82) is 0 Å². The fraction of sp³-hybridized carbons (Fsp3) is 0.429. The molecule has 18 heavy (non-hydrogen) atoms. The number of hydrogen-bond donors (Lipinski definition) is 2. The Morgan fingerprint density at radius 2 is 2.17 bits per heavy atom. The van der Waals surface area contributed by atoms with Gasteiger partial charge < -0.3 is 4.98 Å². The lowest BCUT2D eigenvalue weighted by Crippen LogP contribution is -2.00. The predicted molar refractivity (Wildman–Crippen MR) is 76.9 cm³/mol. The quantitative estimate of drug-likeness (QED) is 0.621. The molecule has 0 aliphatic heterocycles. The number of fused-ring (bicyclic) bond motifs is 1. The standard InChI is InChI=1S/C14H20N4/c1-10(2)8-9-11(3)17-18-14-15-12-6-4-5-7-13(12)16-14/h4-7,10H,8-9H2,1-3H3,(H2,15,16,18).